The molecule has 35 heavy (non-hydrogen) atoms. The van der Waals surface area contributed by atoms with Crippen LogP contribution in [0.25, 0.3) is 6.08 Å². The van der Waals surface area contributed by atoms with E-state index in [2.05, 4.69) is 0 Å². The quantitative estimate of drug-likeness (QED) is 0.219. The Hall–Kier alpha value is -3.56. The Bertz CT molecular complexity index is 1300. The van der Waals surface area contributed by atoms with Gasteiger partial charge in [-0.2, -0.15) is 0 Å². The Labute approximate surface area is 211 Å². The molecule has 0 bridgehead atoms. The number of thioether (sulfide) groups is 1. The highest BCUT2D eigenvalue weighted by atomic mass is 32.2. The molecule has 1 fully saturated rings. The molecule has 2 heterocycles. The lowest BCUT2D eigenvalue weighted by molar-refractivity contribution is -0.123. The van der Waals surface area contributed by atoms with Crippen LogP contribution in [0.4, 0.5) is 4.79 Å². The van der Waals surface area contributed by atoms with Gasteiger partial charge in [0.2, 0.25) is 0 Å². The summed E-state index contributed by atoms with van der Waals surface area (Å²) in [5.41, 5.74) is 2.69. The molecule has 4 rings (SSSR count). The number of carbonyl (C=O) groups excluding carboxylic acids is 3. The van der Waals surface area contributed by atoms with Gasteiger partial charge in [-0.1, -0.05) is 24.3 Å². The Morgan fingerprint density at radius 2 is 1.86 bits per heavy atom. The zero-order valence-electron chi connectivity index (χ0n) is 19.4. The summed E-state index contributed by atoms with van der Waals surface area (Å²) in [4.78, 5) is 39.5. The summed E-state index contributed by atoms with van der Waals surface area (Å²) >= 11 is 2.16. The summed E-state index contributed by atoms with van der Waals surface area (Å²) < 4.78 is 16.6. The first-order valence-corrected chi connectivity index (χ1v) is 12.4. The predicted molar refractivity (Wildman–Crippen MR) is 136 cm³/mol. The van der Waals surface area contributed by atoms with Crippen molar-refractivity contribution in [3.63, 3.8) is 0 Å². The molecule has 1 aliphatic rings. The van der Waals surface area contributed by atoms with Gasteiger partial charge in [0, 0.05) is 0 Å². The number of thiophene rings is 1. The van der Waals surface area contributed by atoms with Gasteiger partial charge < -0.3 is 14.2 Å². The number of amides is 2. The first kappa shape index (κ1) is 24.6. The van der Waals surface area contributed by atoms with E-state index in [4.69, 9.17) is 14.2 Å². The van der Waals surface area contributed by atoms with Crippen LogP contribution < -0.4 is 14.2 Å². The molecule has 0 N–H and O–H groups in total. The lowest BCUT2D eigenvalue weighted by atomic mass is 10.1. The molecule has 0 aliphatic carbocycles. The summed E-state index contributed by atoms with van der Waals surface area (Å²) in [6.07, 6.45) is 1.61. The van der Waals surface area contributed by atoms with Gasteiger partial charge >= 0.3 is 5.97 Å². The van der Waals surface area contributed by atoms with E-state index in [1.807, 2.05) is 32.0 Å². The molecule has 1 aromatic heterocycles. The van der Waals surface area contributed by atoms with Gasteiger partial charge in [0.25, 0.3) is 11.1 Å². The minimum absolute atomic E-state index is 0.149. The SMILES string of the molecule is COc1cc(/C=C2\SC(=O)N(CCOc3cc(C)ccc3C)C2=O)ccc1OC(=O)c1cccs1. The lowest BCUT2D eigenvalue weighted by Crippen LogP contribution is -2.32. The van der Waals surface area contributed by atoms with Crippen molar-refractivity contribution < 1.29 is 28.6 Å². The topological polar surface area (TPSA) is 82.1 Å². The van der Waals surface area contributed by atoms with Crippen LogP contribution in [-0.4, -0.2) is 42.3 Å². The molecule has 2 aromatic carbocycles. The van der Waals surface area contributed by atoms with Gasteiger partial charge in [0.15, 0.2) is 11.5 Å². The molecular formula is C26H23NO6S2. The van der Waals surface area contributed by atoms with Gasteiger partial charge in [0.1, 0.15) is 17.2 Å². The third-order valence-electron chi connectivity index (χ3n) is 5.20. The van der Waals surface area contributed by atoms with Gasteiger partial charge in [0.05, 0.1) is 18.6 Å². The Morgan fingerprint density at radius 3 is 2.60 bits per heavy atom. The molecule has 0 unspecified atom stereocenters. The maximum atomic E-state index is 12.8. The van der Waals surface area contributed by atoms with Crippen molar-refractivity contribution in [2.45, 2.75) is 13.8 Å². The van der Waals surface area contributed by atoms with Crippen LogP contribution in [0.1, 0.15) is 26.4 Å². The summed E-state index contributed by atoms with van der Waals surface area (Å²) in [6.45, 7) is 4.27. The van der Waals surface area contributed by atoms with E-state index in [1.54, 1.807) is 41.8 Å². The molecule has 0 spiro atoms. The fraction of sp³-hybridized carbons (Fsp3) is 0.192. The molecule has 1 saturated heterocycles. The first-order valence-electron chi connectivity index (χ1n) is 10.7. The molecule has 7 nitrogen and oxygen atoms in total. The second-order valence-corrected chi connectivity index (χ2v) is 9.67. The van der Waals surface area contributed by atoms with Crippen LogP contribution in [0.2, 0.25) is 0 Å². The number of benzene rings is 2. The van der Waals surface area contributed by atoms with E-state index in [9.17, 15) is 14.4 Å². The van der Waals surface area contributed by atoms with Crippen LogP contribution in [-0.2, 0) is 4.79 Å². The maximum absolute atomic E-state index is 12.8. The normalized spacial score (nSPS) is 14.5. The summed E-state index contributed by atoms with van der Waals surface area (Å²) in [5.74, 6) is 0.482. The van der Waals surface area contributed by atoms with Gasteiger partial charge in [-0.3, -0.25) is 14.5 Å². The number of nitrogens with zero attached hydrogens (tertiary/aromatic N) is 1. The summed E-state index contributed by atoms with van der Waals surface area (Å²) in [6, 6.07) is 14.3. The summed E-state index contributed by atoms with van der Waals surface area (Å²) in [5, 5.41) is 1.44. The van der Waals surface area contributed by atoms with Crippen molar-refractivity contribution in [3.8, 4) is 17.2 Å². The molecular weight excluding hydrogens is 486 g/mol. The molecule has 1 aliphatic heterocycles. The average Bonchev–Trinajstić information content (AvgIpc) is 3.47. The fourth-order valence-electron chi connectivity index (χ4n) is 3.36. The second kappa shape index (κ2) is 10.8. The first-order chi connectivity index (χ1) is 16.9. The van der Waals surface area contributed by atoms with Crippen LogP contribution in [0.3, 0.4) is 0 Å². The van der Waals surface area contributed by atoms with E-state index in [0.717, 1.165) is 28.6 Å². The molecule has 0 atom stereocenters. The number of aryl methyl sites for hydroxylation is 2. The van der Waals surface area contributed by atoms with E-state index >= 15 is 0 Å². The van der Waals surface area contributed by atoms with Crippen molar-refractivity contribution in [3.05, 3.63) is 80.4 Å². The smallest absolute Gasteiger partial charge is 0.353 e. The lowest BCUT2D eigenvalue weighted by Gasteiger charge is -2.14. The van der Waals surface area contributed by atoms with Crippen molar-refractivity contribution >= 4 is 46.3 Å². The number of carbonyl (C=O) groups is 3. The highest BCUT2D eigenvalue weighted by Crippen LogP contribution is 2.35. The monoisotopic (exact) mass is 509 g/mol. The maximum Gasteiger partial charge on any atom is 0.353 e. The van der Waals surface area contributed by atoms with E-state index in [1.165, 1.54) is 23.3 Å². The van der Waals surface area contributed by atoms with Crippen molar-refractivity contribution in [1.29, 1.82) is 0 Å². The fourth-order valence-corrected chi connectivity index (χ4v) is 4.82. The second-order valence-electron chi connectivity index (χ2n) is 7.73. The minimum Gasteiger partial charge on any atom is -0.493 e. The molecule has 3 aromatic rings. The number of rotatable bonds is 8. The molecule has 0 saturated carbocycles. The molecule has 0 radical (unpaired) electrons. The number of hydrogen-bond donors (Lipinski definition) is 0. The van der Waals surface area contributed by atoms with Crippen LogP contribution >= 0.6 is 23.1 Å². The van der Waals surface area contributed by atoms with E-state index < -0.39 is 5.97 Å². The van der Waals surface area contributed by atoms with Crippen molar-refractivity contribution in [2.75, 3.05) is 20.3 Å². The Kier molecular flexibility index (Phi) is 7.57. The molecule has 180 valence electrons. The Morgan fingerprint density at radius 1 is 1.03 bits per heavy atom. The van der Waals surface area contributed by atoms with Crippen molar-refractivity contribution in [1.82, 2.24) is 4.90 Å². The van der Waals surface area contributed by atoms with E-state index in [-0.39, 0.29) is 30.0 Å². The van der Waals surface area contributed by atoms with Crippen LogP contribution in [0, 0.1) is 13.8 Å². The van der Waals surface area contributed by atoms with Crippen LogP contribution in [0.15, 0.2) is 58.8 Å². The number of imide groups is 1. The zero-order chi connectivity index (χ0) is 24.9. The van der Waals surface area contributed by atoms with Crippen LogP contribution in [0.5, 0.6) is 17.2 Å². The highest BCUT2D eigenvalue weighted by Gasteiger charge is 2.34. The zero-order valence-corrected chi connectivity index (χ0v) is 21.0. The number of methoxy groups -OCH3 is 1. The highest BCUT2D eigenvalue weighted by molar-refractivity contribution is 8.18. The Balaban J connectivity index is 1.42. The largest absolute Gasteiger partial charge is 0.493 e. The van der Waals surface area contributed by atoms with Gasteiger partial charge in [-0.15, -0.1) is 11.3 Å². The summed E-state index contributed by atoms with van der Waals surface area (Å²) in [7, 11) is 1.46. The number of esters is 1. The van der Waals surface area contributed by atoms with E-state index in [0.29, 0.717) is 21.1 Å². The third-order valence-corrected chi connectivity index (χ3v) is 6.96. The standard InChI is InChI=1S/C26H23NO6S2/c1-16-6-7-17(2)20(13-16)32-11-10-27-24(28)23(35-26(27)30)15-18-8-9-19(21(14-18)31-3)33-25(29)22-5-4-12-34-22/h4-9,12-15H,10-11H2,1-3H3/b23-15-. The van der Waals surface area contributed by atoms with Gasteiger partial charge in [-0.25, -0.2) is 4.79 Å². The number of hydrogen-bond acceptors (Lipinski definition) is 8. The van der Waals surface area contributed by atoms with Crippen molar-refractivity contribution in [2.24, 2.45) is 0 Å². The molecule has 9 heteroatoms. The average molecular weight is 510 g/mol. The molecule has 2 amide bonds. The van der Waals surface area contributed by atoms with Gasteiger partial charge in [-0.05, 0) is 78.0 Å². The third kappa shape index (κ3) is 5.75. The minimum atomic E-state index is -0.477. The predicted octanol–water partition coefficient (Wildman–Crippen LogP) is 5.71. The number of ether oxygens (including phenoxy) is 3.